The van der Waals surface area contributed by atoms with Crippen LogP contribution in [0.2, 0.25) is 0 Å². The minimum atomic E-state index is 1.15. The molecule has 0 aliphatic heterocycles. The maximum absolute atomic E-state index is 2.28. The molecule has 1 aliphatic carbocycles. The number of allylic oxidation sites excluding steroid dienone is 4. The van der Waals surface area contributed by atoms with Crippen LogP contribution in [-0.4, -0.2) is 0 Å². The third kappa shape index (κ3) is 1.44. The van der Waals surface area contributed by atoms with Crippen molar-refractivity contribution in [3.63, 3.8) is 0 Å². The molecule has 0 N–H and O–H groups in total. The molecule has 0 spiro atoms. The van der Waals surface area contributed by atoms with Crippen molar-refractivity contribution >= 4 is 9.24 Å². The molecule has 0 saturated heterocycles. The minimum absolute atomic E-state index is 1.15. The molecule has 0 nitrogen and oxygen atoms in total. The Balaban J connectivity index is 2.50. The van der Waals surface area contributed by atoms with E-state index < -0.39 is 0 Å². The van der Waals surface area contributed by atoms with Crippen LogP contribution in [0.1, 0.15) is 12.8 Å². The summed E-state index contributed by atoms with van der Waals surface area (Å²) >= 11 is 0. The van der Waals surface area contributed by atoms with Crippen molar-refractivity contribution in [1.82, 2.24) is 0 Å². The molecule has 38 valence electrons. The van der Waals surface area contributed by atoms with Crippen LogP contribution in [0, 0.1) is 0 Å². The van der Waals surface area contributed by atoms with Crippen LogP contribution in [0.25, 0.3) is 0 Å². The fraction of sp³-hybridized carbons (Fsp3) is 0.333. The van der Waals surface area contributed by atoms with Gasteiger partial charge in [0, 0.05) is 15.7 Å². The highest BCUT2D eigenvalue weighted by Gasteiger charge is 1.92. The lowest BCUT2D eigenvalue weighted by Crippen LogP contribution is -1.73. The van der Waals surface area contributed by atoms with Gasteiger partial charge in [-0.25, -0.2) is 0 Å². The van der Waals surface area contributed by atoms with Gasteiger partial charge in [0.25, 0.3) is 0 Å². The van der Waals surface area contributed by atoms with Crippen LogP contribution in [-0.2, 0) is 0 Å². The Hall–Kier alpha value is -0.0900. The molecule has 1 heteroatoms. The molecule has 1 unspecified atom stereocenters. The van der Waals surface area contributed by atoms with Gasteiger partial charge in [0.05, 0.1) is 5.31 Å². The summed E-state index contributed by atoms with van der Waals surface area (Å²) in [5, 5.41) is 1.53. The summed E-state index contributed by atoms with van der Waals surface area (Å²) in [6.07, 6.45) is 9.04. The highest BCUT2D eigenvalue weighted by Crippen LogP contribution is 2.15. The van der Waals surface area contributed by atoms with Gasteiger partial charge in [-0.05, 0) is 12.5 Å². The average molecular weight is 113 g/mol. The largest absolute Gasteiger partial charge is 0.0841 e. The van der Waals surface area contributed by atoms with Crippen molar-refractivity contribution in [3.8, 4) is 0 Å². The van der Waals surface area contributed by atoms with Gasteiger partial charge in [0.15, 0.2) is 0 Å². The van der Waals surface area contributed by atoms with Gasteiger partial charge in [0.2, 0.25) is 0 Å². The molecule has 0 aromatic rings. The fourth-order valence-corrected chi connectivity index (χ4v) is 0.982. The van der Waals surface area contributed by atoms with E-state index in [4.69, 9.17) is 0 Å². The summed E-state index contributed by atoms with van der Waals surface area (Å²) in [6, 6.07) is 0. The normalized spacial score (nSPS) is 19.7. The summed E-state index contributed by atoms with van der Waals surface area (Å²) in [5.41, 5.74) is 0. The molecule has 0 radical (unpaired) electrons. The fourth-order valence-electron chi connectivity index (χ4n) is 0.649. The quantitative estimate of drug-likeness (QED) is 0.332. The molecular formula is C6H10P+. The van der Waals surface area contributed by atoms with Crippen LogP contribution in [0.5, 0.6) is 0 Å². The zero-order chi connectivity index (χ0) is 5.11. The van der Waals surface area contributed by atoms with Gasteiger partial charge in [-0.2, -0.15) is 0 Å². The van der Waals surface area contributed by atoms with Gasteiger partial charge in [-0.3, -0.25) is 0 Å². The van der Waals surface area contributed by atoms with Crippen molar-refractivity contribution in [3.05, 3.63) is 23.5 Å². The molecule has 0 aromatic heterocycles. The van der Waals surface area contributed by atoms with E-state index >= 15 is 0 Å². The van der Waals surface area contributed by atoms with E-state index in [1.54, 1.807) is 0 Å². The maximum atomic E-state index is 2.28. The maximum Gasteiger partial charge on any atom is 0.0642 e. The Morgan fingerprint density at radius 3 is 2.57 bits per heavy atom. The molecule has 7 heavy (non-hydrogen) atoms. The topological polar surface area (TPSA) is 0 Å². The van der Waals surface area contributed by atoms with Gasteiger partial charge >= 0.3 is 0 Å². The predicted molar refractivity (Wildman–Crippen MR) is 37.6 cm³/mol. The summed E-state index contributed by atoms with van der Waals surface area (Å²) in [7, 11) is 1.99. The molecule has 1 aliphatic rings. The Morgan fingerprint density at radius 1 is 1.43 bits per heavy atom. The first kappa shape index (κ1) is 5.05. The average Bonchev–Trinajstić information content (AvgIpc) is 1.69. The number of hydrogen-bond donors (Lipinski definition) is 0. The monoisotopic (exact) mass is 113 g/mol. The standard InChI is InChI=1S/C6H9P/c7-6-4-2-1-3-5-6/h1-2,5H,3-4,7H2/p+1. The smallest absolute Gasteiger partial charge is 0.0642 e. The van der Waals surface area contributed by atoms with Crippen LogP contribution in [0.15, 0.2) is 23.5 Å². The van der Waals surface area contributed by atoms with Crippen molar-refractivity contribution in [2.75, 3.05) is 0 Å². The Bertz CT molecular complexity index is 111. The van der Waals surface area contributed by atoms with E-state index in [1.807, 2.05) is 9.24 Å². The van der Waals surface area contributed by atoms with Gasteiger partial charge in [0.1, 0.15) is 0 Å². The van der Waals surface area contributed by atoms with E-state index in [9.17, 15) is 0 Å². The summed E-state index contributed by atoms with van der Waals surface area (Å²) in [6.45, 7) is 0. The lowest BCUT2D eigenvalue weighted by Gasteiger charge is -1.93. The summed E-state index contributed by atoms with van der Waals surface area (Å²) in [5.74, 6) is 0. The summed E-state index contributed by atoms with van der Waals surface area (Å²) in [4.78, 5) is 0. The van der Waals surface area contributed by atoms with E-state index in [2.05, 4.69) is 18.2 Å². The van der Waals surface area contributed by atoms with E-state index in [1.165, 1.54) is 11.7 Å². The Labute approximate surface area is 46.5 Å². The molecule has 0 saturated carbocycles. The van der Waals surface area contributed by atoms with Crippen molar-refractivity contribution in [1.29, 1.82) is 0 Å². The highest BCUT2D eigenvalue weighted by molar-refractivity contribution is 7.22. The molecule has 0 amide bonds. The van der Waals surface area contributed by atoms with Crippen LogP contribution in [0.4, 0.5) is 0 Å². The molecule has 0 heterocycles. The number of hydrogen-bond acceptors (Lipinski definition) is 0. The molecule has 0 aromatic carbocycles. The molecular weight excluding hydrogens is 103 g/mol. The van der Waals surface area contributed by atoms with Crippen LogP contribution >= 0.6 is 9.24 Å². The van der Waals surface area contributed by atoms with Gasteiger partial charge in [-0.15, -0.1) is 0 Å². The first-order valence-electron chi connectivity index (χ1n) is 2.55. The van der Waals surface area contributed by atoms with Crippen LogP contribution < -0.4 is 0 Å². The second-order valence-corrected chi connectivity index (χ2v) is 2.68. The first-order chi connectivity index (χ1) is 3.39. The molecule has 0 bridgehead atoms. The van der Waals surface area contributed by atoms with Crippen LogP contribution in [0.3, 0.4) is 0 Å². The zero-order valence-corrected chi connectivity index (χ0v) is 5.77. The number of rotatable bonds is 0. The lowest BCUT2D eigenvalue weighted by molar-refractivity contribution is 1.21. The summed E-state index contributed by atoms with van der Waals surface area (Å²) < 4.78 is 0. The minimum Gasteiger partial charge on any atom is -0.0841 e. The van der Waals surface area contributed by atoms with Crippen molar-refractivity contribution in [2.24, 2.45) is 0 Å². The second-order valence-electron chi connectivity index (χ2n) is 1.77. The molecule has 0 fully saturated rings. The predicted octanol–water partition coefficient (Wildman–Crippen LogP) is 1.83. The SMILES string of the molecule is [PH3+]C1=CCC=CC1. The lowest BCUT2D eigenvalue weighted by atomic mass is 10.2. The first-order valence-corrected chi connectivity index (χ1v) is 3.26. The van der Waals surface area contributed by atoms with E-state index in [0.29, 0.717) is 0 Å². The highest BCUT2D eigenvalue weighted by atomic mass is 31.0. The van der Waals surface area contributed by atoms with E-state index in [0.717, 1.165) is 6.42 Å². The van der Waals surface area contributed by atoms with E-state index in [-0.39, 0.29) is 0 Å². The third-order valence-electron chi connectivity index (χ3n) is 1.09. The zero-order valence-electron chi connectivity index (χ0n) is 4.35. The van der Waals surface area contributed by atoms with Crippen molar-refractivity contribution < 1.29 is 0 Å². The molecule has 1 rings (SSSR count). The third-order valence-corrected chi connectivity index (χ3v) is 1.67. The van der Waals surface area contributed by atoms with Crippen molar-refractivity contribution in [2.45, 2.75) is 12.8 Å². The Morgan fingerprint density at radius 2 is 2.29 bits per heavy atom. The second kappa shape index (κ2) is 2.28. The Kier molecular flexibility index (Phi) is 1.64. The molecule has 1 atom stereocenters. The van der Waals surface area contributed by atoms with Gasteiger partial charge in [-0.1, -0.05) is 12.2 Å². The van der Waals surface area contributed by atoms with Gasteiger partial charge < -0.3 is 0 Å².